The van der Waals surface area contributed by atoms with Gasteiger partial charge in [-0.2, -0.15) is 8.42 Å². The molecule has 3 N–H and O–H groups in total. The van der Waals surface area contributed by atoms with Gasteiger partial charge in [0.15, 0.2) is 0 Å². The monoisotopic (exact) mass is 372 g/mol. The van der Waals surface area contributed by atoms with Gasteiger partial charge in [-0.25, -0.2) is 4.79 Å². The van der Waals surface area contributed by atoms with Crippen LogP contribution in [-0.2, 0) is 24.0 Å². The number of rotatable bonds is 7. The van der Waals surface area contributed by atoms with Gasteiger partial charge in [-0.05, 0) is 25.0 Å². The van der Waals surface area contributed by atoms with Crippen molar-refractivity contribution in [3.05, 3.63) is 29.3 Å². The Kier molecular flexibility index (Phi) is 10.5. The Bertz CT molecular complexity index is 677. The molecule has 0 radical (unpaired) electrons. The number of carbonyl (C=O) groups excluding carboxylic acids is 1. The number of carbonyl (C=O) groups is 1. The molecule has 140 valence electrons. The van der Waals surface area contributed by atoms with E-state index < -0.39 is 22.9 Å². The van der Waals surface area contributed by atoms with Crippen LogP contribution in [0.4, 0.5) is 5.69 Å². The van der Waals surface area contributed by atoms with Gasteiger partial charge in [0.25, 0.3) is 0 Å². The minimum Gasteiger partial charge on any atom is -0.398 e. The lowest BCUT2D eigenvalue weighted by Gasteiger charge is -2.18. The number of ether oxygens (including phenoxy) is 1. The number of hydrogen-bond donors (Lipinski definition) is 2. The van der Waals surface area contributed by atoms with Crippen molar-refractivity contribution in [2.24, 2.45) is 0 Å². The van der Waals surface area contributed by atoms with Gasteiger partial charge < -0.3 is 19.8 Å². The largest absolute Gasteiger partial charge is 0.398 e. The van der Waals surface area contributed by atoms with Crippen molar-refractivity contribution in [2.75, 3.05) is 32.2 Å². The summed E-state index contributed by atoms with van der Waals surface area (Å²) in [5.74, 6) is 0.905. The second-order valence-electron chi connectivity index (χ2n) is 4.83. The molecule has 0 fully saturated rings. The second-order valence-corrected chi connectivity index (χ2v) is 6.36. The number of nitrogens with two attached hydrogens (primary N) is 1. The number of para-hydroxylation sites is 1. The molecule has 0 spiro atoms. The van der Waals surface area contributed by atoms with Crippen LogP contribution in [0, 0.1) is 26.2 Å². The van der Waals surface area contributed by atoms with E-state index in [9.17, 15) is 13.2 Å². The van der Waals surface area contributed by atoms with Crippen LogP contribution in [0.15, 0.2) is 18.2 Å². The van der Waals surface area contributed by atoms with Crippen LogP contribution >= 0.6 is 0 Å². The predicted molar refractivity (Wildman–Crippen MR) is 94.5 cm³/mol. The van der Waals surface area contributed by atoms with E-state index in [2.05, 4.69) is 10.1 Å². The number of nitrogen functional groups attached to an aromatic ring is 1. The maximum atomic E-state index is 11.4. The Balaban J connectivity index is 0.000000535. The van der Waals surface area contributed by atoms with Gasteiger partial charge in [0.05, 0.1) is 0 Å². The van der Waals surface area contributed by atoms with E-state index >= 15 is 0 Å². The minimum absolute atomic E-state index is 0.0472. The Hall–Kier alpha value is -2.12. The highest BCUT2D eigenvalue weighted by atomic mass is 32.2. The number of hydrogen-bond acceptors (Lipinski definition) is 7. The molecular formula is C16H24N2O6S. The molecule has 0 amide bonds. The number of benzene rings is 1. The molecule has 0 atom stereocenters. The van der Waals surface area contributed by atoms with E-state index in [4.69, 9.17) is 22.0 Å². The highest BCUT2D eigenvalue weighted by Gasteiger charge is 2.24. The van der Waals surface area contributed by atoms with Gasteiger partial charge in [0, 0.05) is 12.2 Å². The summed E-state index contributed by atoms with van der Waals surface area (Å²) in [6, 6.07) is 6.05. The molecule has 25 heavy (non-hydrogen) atoms. The zero-order valence-corrected chi connectivity index (χ0v) is 15.4. The smallest absolute Gasteiger partial charge is 0.389 e. The third kappa shape index (κ3) is 8.51. The van der Waals surface area contributed by atoms with Crippen molar-refractivity contribution >= 4 is 22.0 Å². The summed E-state index contributed by atoms with van der Waals surface area (Å²) in [4.78, 5) is 10.6. The molecule has 0 unspecified atom stereocenters. The first-order valence-electron chi connectivity index (χ1n) is 7.35. The number of aryl methyl sites for hydroxylation is 2. The first kappa shape index (κ1) is 22.9. The molecule has 0 heterocycles. The molecule has 0 aliphatic carbocycles. The van der Waals surface area contributed by atoms with Crippen LogP contribution in [0.25, 0.3) is 0 Å². The number of nitrogens with zero attached hydrogens (tertiary/aromatic N) is 1. The van der Waals surface area contributed by atoms with Crippen LogP contribution in [-0.4, -0.2) is 50.3 Å². The summed E-state index contributed by atoms with van der Waals surface area (Å²) < 4.78 is 32.3. The van der Waals surface area contributed by atoms with Gasteiger partial charge in [-0.3, -0.25) is 0 Å². The van der Waals surface area contributed by atoms with Crippen molar-refractivity contribution in [3.63, 3.8) is 0 Å². The predicted octanol–water partition coefficient (Wildman–Crippen LogP) is 0.582. The van der Waals surface area contributed by atoms with E-state index in [0.717, 1.165) is 21.1 Å². The molecule has 0 aromatic heterocycles. The van der Waals surface area contributed by atoms with Gasteiger partial charge in [0.1, 0.15) is 19.9 Å². The minimum atomic E-state index is -4.23. The molecule has 0 bridgehead atoms. The fourth-order valence-electron chi connectivity index (χ4n) is 1.54. The molecule has 0 saturated carbocycles. The van der Waals surface area contributed by atoms with Gasteiger partial charge in [-0.1, -0.05) is 31.0 Å². The van der Waals surface area contributed by atoms with E-state index in [1.54, 1.807) is 0 Å². The van der Waals surface area contributed by atoms with Gasteiger partial charge >= 0.3 is 16.3 Å². The van der Waals surface area contributed by atoms with Crippen LogP contribution in [0.2, 0.25) is 0 Å². The molecule has 1 rings (SSSR count). The Morgan fingerprint density at radius 2 is 1.92 bits per heavy atom. The topological polar surface area (TPSA) is 119 Å². The van der Waals surface area contributed by atoms with Crippen LogP contribution in [0.5, 0.6) is 0 Å². The van der Waals surface area contributed by atoms with Crippen LogP contribution < -0.4 is 5.73 Å². The zero-order chi connectivity index (χ0) is 19.5. The van der Waals surface area contributed by atoms with Crippen molar-refractivity contribution in [1.29, 1.82) is 0 Å². The van der Waals surface area contributed by atoms with Gasteiger partial charge in [-0.15, -0.1) is 10.7 Å². The zero-order valence-electron chi connectivity index (χ0n) is 14.6. The molecule has 9 heteroatoms. The van der Waals surface area contributed by atoms with E-state index in [1.165, 1.54) is 6.92 Å². The summed E-state index contributed by atoms with van der Waals surface area (Å²) in [6.07, 6.45) is 4.91. The lowest BCUT2D eigenvalue weighted by atomic mass is 10.1. The van der Waals surface area contributed by atoms with E-state index in [1.807, 2.05) is 32.0 Å². The molecule has 8 nitrogen and oxygen atoms in total. The molecule has 1 aromatic carbocycles. The number of aliphatic hydroxyl groups is 1. The summed E-state index contributed by atoms with van der Waals surface area (Å²) >= 11 is 0. The van der Waals surface area contributed by atoms with E-state index in [-0.39, 0.29) is 19.9 Å². The van der Waals surface area contributed by atoms with E-state index in [0.29, 0.717) is 0 Å². The maximum Gasteiger partial charge on any atom is 0.389 e. The number of terminal acetylenes is 1. The summed E-state index contributed by atoms with van der Waals surface area (Å²) in [5, 5.41) is 8.35. The second kappa shape index (κ2) is 11.4. The van der Waals surface area contributed by atoms with Crippen molar-refractivity contribution in [3.8, 4) is 12.3 Å². The Labute approximate surface area is 148 Å². The normalized spacial score (nSPS) is 10.6. The first-order valence-corrected chi connectivity index (χ1v) is 8.72. The third-order valence-corrected chi connectivity index (χ3v) is 4.35. The quantitative estimate of drug-likeness (QED) is 0.311. The average molecular weight is 372 g/mol. The summed E-state index contributed by atoms with van der Waals surface area (Å²) in [5.41, 5.74) is 8.92. The highest BCUT2D eigenvalue weighted by molar-refractivity contribution is 7.84. The first-order chi connectivity index (χ1) is 11.7. The SMILES string of the molecule is C#CCOCN(CC)S(=O)(=O)OC(=O)CO.Cc1cccc(C)c1N. The lowest BCUT2D eigenvalue weighted by molar-refractivity contribution is -0.137. The Morgan fingerprint density at radius 1 is 1.36 bits per heavy atom. The van der Waals surface area contributed by atoms with Gasteiger partial charge in [0.2, 0.25) is 0 Å². The molecule has 1 aromatic rings. The Morgan fingerprint density at radius 3 is 2.32 bits per heavy atom. The van der Waals surface area contributed by atoms with Crippen molar-refractivity contribution in [1.82, 2.24) is 4.31 Å². The van der Waals surface area contributed by atoms with Crippen molar-refractivity contribution < 1.29 is 27.2 Å². The van der Waals surface area contributed by atoms with Crippen LogP contribution in [0.3, 0.4) is 0 Å². The molecule has 0 aliphatic heterocycles. The van der Waals surface area contributed by atoms with Crippen molar-refractivity contribution in [2.45, 2.75) is 20.8 Å². The number of aliphatic hydroxyl groups excluding tert-OH is 1. The average Bonchev–Trinajstić information content (AvgIpc) is 2.56. The highest BCUT2D eigenvalue weighted by Crippen LogP contribution is 2.13. The molecule has 0 aliphatic rings. The molecular weight excluding hydrogens is 348 g/mol. The number of anilines is 1. The third-order valence-electron chi connectivity index (χ3n) is 2.96. The maximum absolute atomic E-state index is 11.4. The summed E-state index contributed by atoms with van der Waals surface area (Å²) in [7, 11) is -4.23. The lowest BCUT2D eigenvalue weighted by Crippen LogP contribution is -2.36. The summed E-state index contributed by atoms with van der Waals surface area (Å²) in [6.45, 7) is 4.23. The van der Waals surface area contributed by atoms with Crippen LogP contribution in [0.1, 0.15) is 18.1 Å². The standard InChI is InChI=1S/C8H13NO6S.C8H11N/c1-3-5-14-7-9(4-2)16(12,13)15-8(11)6-10;1-6-4-3-5-7(2)8(6)9/h1,10H,4-7H2,2H3;3-5H,9H2,1-2H3. The fourth-order valence-corrected chi connectivity index (χ4v) is 2.46. The molecule has 0 saturated heterocycles. The fraction of sp³-hybridized carbons (Fsp3) is 0.438.